The van der Waals surface area contributed by atoms with Gasteiger partial charge in [-0.15, -0.1) is 0 Å². The van der Waals surface area contributed by atoms with Gasteiger partial charge in [0.2, 0.25) is 6.21 Å². The molecule has 46 valence electrons. The predicted octanol–water partition coefficient (Wildman–Crippen LogP) is -0.394. The van der Waals surface area contributed by atoms with Crippen molar-refractivity contribution in [1.29, 1.82) is 0 Å². The molecule has 0 saturated carbocycles. The molecule has 0 fully saturated rings. The molecule has 4 nitrogen and oxygen atoms in total. The van der Waals surface area contributed by atoms with Crippen LogP contribution in [0.15, 0.2) is 0 Å². The Hall–Kier alpha value is -0.930. The van der Waals surface area contributed by atoms with Gasteiger partial charge >= 0.3 is 0 Å². The van der Waals surface area contributed by atoms with Gasteiger partial charge in [-0.25, -0.2) is 4.58 Å². The Bertz CT molecular complexity index is 115. The summed E-state index contributed by atoms with van der Waals surface area (Å²) in [5, 5.41) is 9.65. The summed E-state index contributed by atoms with van der Waals surface area (Å²) in [5.74, 6) is 0. The molecule has 0 spiro atoms. The van der Waals surface area contributed by atoms with Crippen molar-refractivity contribution in [3.63, 3.8) is 0 Å². The molecule has 0 aliphatic carbocycles. The maximum Gasteiger partial charge on any atom is 0.278 e. The fourth-order valence-electron chi connectivity index (χ4n) is 0.230. The molecule has 0 aromatic carbocycles. The quantitative estimate of drug-likeness (QED) is 0.214. The van der Waals surface area contributed by atoms with Gasteiger partial charge in [0.15, 0.2) is 0 Å². The molecule has 0 rings (SSSR count). The van der Waals surface area contributed by atoms with Crippen molar-refractivity contribution in [2.45, 2.75) is 0 Å². The van der Waals surface area contributed by atoms with Crippen LogP contribution in [0.3, 0.4) is 0 Å². The Morgan fingerprint density at radius 3 is 2.25 bits per heavy atom. The number of hydrogen-bond acceptors (Lipinski definition) is 2. The molecule has 0 bridgehead atoms. The smallest absolute Gasteiger partial charge is 0.264 e. The fraction of sp³-hybridized carbons (Fsp3) is 0.750. The molecule has 0 atom stereocenters. The third-order valence-electron chi connectivity index (χ3n) is 0.596. The van der Waals surface area contributed by atoms with E-state index in [4.69, 9.17) is 0 Å². The molecule has 0 radical (unpaired) electrons. The van der Waals surface area contributed by atoms with Crippen LogP contribution in [0.1, 0.15) is 0 Å². The van der Waals surface area contributed by atoms with Crippen LogP contribution in [-0.2, 0) is 0 Å². The lowest BCUT2D eigenvalue weighted by molar-refractivity contribution is -0.494. The summed E-state index contributed by atoms with van der Waals surface area (Å²) in [6, 6.07) is 0. The highest BCUT2D eigenvalue weighted by molar-refractivity contribution is 5.51. The van der Waals surface area contributed by atoms with E-state index in [-0.39, 0.29) is 11.5 Å². The van der Waals surface area contributed by atoms with Crippen LogP contribution in [-0.4, -0.2) is 36.4 Å². The second-order valence-electron chi connectivity index (χ2n) is 1.66. The van der Waals surface area contributed by atoms with Crippen LogP contribution in [0.4, 0.5) is 0 Å². The number of rotatable bonds is 2. The summed E-state index contributed by atoms with van der Waals surface area (Å²) < 4.78 is 1.66. The minimum absolute atomic E-state index is 0.0903. The van der Waals surface area contributed by atoms with Crippen LogP contribution in [0.5, 0.6) is 0 Å². The van der Waals surface area contributed by atoms with Crippen molar-refractivity contribution in [2.75, 3.05) is 20.6 Å². The normalized spacial score (nSPS) is 8.25. The van der Waals surface area contributed by atoms with Crippen molar-refractivity contribution in [3.8, 4) is 0 Å². The number of hydrogen-bond donors (Lipinski definition) is 0. The number of nitrogens with zero attached hydrogens (tertiary/aromatic N) is 2. The van der Waals surface area contributed by atoms with Crippen LogP contribution >= 0.6 is 0 Å². The molecule has 0 heterocycles. The van der Waals surface area contributed by atoms with Gasteiger partial charge in [0.25, 0.3) is 6.54 Å². The van der Waals surface area contributed by atoms with E-state index in [0.717, 1.165) is 0 Å². The fourth-order valence-corrected chi connectivity index (χ4v) is 0.230. The Kier molecular flexibility index (Phi) is 2.76. The Balaban J connectivity index is 3.45. The van der Waals surface area contributed by atoms with Gasteiger partial charge in [-0.05, 0) is 0 Å². The molecular weight excluding hydrogens is 108 g/mol. The molecule has 0 aromatic heterocycles. The average Bonchev–Trinajstić information content (AvgIpc) is 1.61. The maximum atomic E-state index is 9.65. The molecule has 0 aliphatic rings. The minimum atomic E-state index is -0.375. The molecule has 0 N–H and O–H groups in total. The first-order valence-electron chi connectivity index (χ1n) is 2.24. The summed E-state index contributed by atoms with van der Waals surface area (Å²) >= 11 is 0. The van der Waals surface area contributed by atoms with Crippen LogP contribution < -0.4 is 0 Å². The lowest BCUT2D eigenvalue weighted by Gasteiger charge is -1.80. The largest absolute Gasteiger partial charge is 0.278 e. The van der Waals surface area contributed by atoms with Gasteiger partial charge in [0.05, 0.1) is 0 Å². The van der Waals surface area contributed by atoms with Gasteiger partial charge in [0, 0.05) is 4.92 Å². The number of nitro groups is 1. The Morgan fingerprint density at radius 2 is 2.12 bits per heavy atom. The highest BCUT2D eigenvalue weighted by Crippen LogP contribution is 1.60. The van der Waals surface area contributed by atoms with Crippen molar-refractivity contribution in [2.24, 2.45) is 0 Å². The van der Waals surface area contributed by atoms with E-state index in [2.05, 4.69) is 0 Å². The van der Waals surface area contributed by atoms with Crippen molar-refractivity contribution >= 4 is 6.21 Å². The lowest BCUT2D eigenvalue weighted by Crippen LogP contribution is -2.09. The minimum Gasteiger partial charge on any atom is -0.264 e. The molecular formula is C4H9N2O2+. The molecule has 4 heteroatoms. The maximum absolute atomic E-state index is 9.65. The molecule has 0 unspecified atom stereocenters. The van der Waals surface area contributed by atoms with Gasteiger partial charge < -0.3 is 0 Å². The van der Waals surface area contributed by atoms with Crippen molar-refractivity contribution in [3.05, 3.63) is 10.1 Å². The SMILES string of the molecule is C[N+](C)=CC[N+](=O)[O-]. The monoisotopic (exact) mass is 117 g/mol. The van der Waals surface area contributed by atoms with Crippen LogP contribution in [0, 0.1) is 10.1 Å². The summed E-state index contributed by atoms with van der Waals surface area (Å²) in [6.07, 6.45) is 1.50. The summed E-state index contributed by atoms with van der Waals surface area (Å²) in [5.41, 5.74) is 0. The van der Waals surface area contributed by atoms with Crippen molar-refractivity contribution in [1.82, 2.24) is 0 Å². The first-order valence-corrected chi connectivity index (χ1v) is 2.24. The third-order valence-corrected chi connectivity index (χ3v) is 0.596. The Labute approximate surface area is 47.6 Å². The Morgan fingerprint density at radius 1 is 1.62 bits per heavy atom. The zero-order valence-electron chi connectivity index (χ0n) is 5.00. The van der Waals surface area contributed by atoms with E-state index < -0.39 is 0 Å². The van der Waals surface area contributed by atoms with Gasteiger partial charge in [-0.2, -0.15) is 0 Å². The molecule has 0 aliphatic heterocycles. The molecule has 8 heavy (non-hydrogen) atoms. The average molecular weight is 117 g/mol. The van der Waals surface area contributed by atoms with E-state index in [1.54, 1.807) is 18.7 Å². The van der Waals surface area contributed by atoms with Gasteiger partial charge in [-0.1, -0.05) is 0 Å². The first kappa shape index (κ1) is 7.07. The summed E-state index contributed by atoms with van der Waals surface area (Å²) in [7, 11) is 3.51. The van der Waals surface area contributed by atoms with E-state index in [1.807, 2.05) is 0 Å². The van der Waals surface area contributed by atoms with Gasteiger partial charge in [-0.3, -0.25) is 10.1 Å². The third kappa shape index (κ3) is 5.07. The van der Waals surface area contributed by atoms with Crippen LogP contribution in [0.25, 0.3) is 0 Å². The summed E-state index contributed by atoms with van der Waals surface area (Å²) in [4.78, 5) is 9.28. The van der Waals surface area contributed by atoms with Gasteiger partial charge in [0.1, 0.15) is 14.1 Å². The van der Waals surface area contributed by atoms with Crippen molar-refractivity contribution < 1.29 is 9.50 Å². The molecule has 0 amide bonds. The van der Waals surface area contributed by atoms with Crippen LogP contribution in [0.2, 0.25) is 0 Å². The zero-order valence-corrected chi connectivity index (χ0v) is 5.00. The topological polar surface area (TPSA) is 46.1 Å². The highest BCUT2D eigenvalue weighted by Gasteiger charge is 1.92. The predicted molar refractivity (Wildman–Crippen MR) is 30.0 cm³/mol. The first-order chi connectivity index (χ1) is 3.63. The van der Waals surface area contributed by atoms with E-state index >= 15 is 0 Å². The lowest BCUT2D eigenvalue weighted by atomic mass is 10.7. The second kappa shape index (κ2) is 3.12. The summed E-state index contributed by atoms with van der Waals surface area (Å²) in [6.45, 7) is -0.0903. The molecule has 0 aromatic rings. The second-order valence-corrected chi connectivity index (χ2v) is 1.66. The highest BCUT2D eigenvalue weighted by atomic mass is 16.6. The van der Waals surface area contributed by atoms with E-state index in [9.17, 15) is 10.1 Å². The van der Waals surface area contributed by atoms with E-state index in [1.165, 1.54) is 6.21 Å². The zero-order chi connectivity index (χ0) is 6.57. The van der Waals surface area contributed by atoms with E-state index in [0.29, 0.717) is 0 Å². The standard InChI is InChI=1S/C4H9N2O2/c1-5(2)3-4-6(7)8/h3H,4H2,1-2H3/q+1. The molecule has 0 saturated heterocycles.